The first-order valence-electron chi connectivity index (χ1n) is 6.44. The largest absolute Gasteiger partial charge is 0.463 e. The second-order valence-corrected chi connectivity index (χ2v) is 4.70. The molecule has 5 nitrogen and oxygen atoms in total. The van der Waals surface area contributed by atoms with Gasteiger partial charge in [0.1, 0.15) is 17.5 Å². The van der Waals surface area contributed by atoms with Gasteiger partial charge in [-0.3, -0.25) is 4.79 Å². The van der Waals surface area contributed by atoms with Crippen molar-refractivity contribution in [1.29, 1.82) is 0 Å². The third-order valence-corrected chi connectivity index (χ3v) is 3.28. The van der Waals surface area contributed by atoms with E-state index < -0.39 is 46.6 Å². The smallest absolute Gasteiger partial charge is 0.374 e. The van der Waals surface area contributed by atoms with E-state index in [0.717, 1.165) is 13.4 Å². The first kappa shape index (κ1) is 16.6. The summed E-state index contributed by atoms with van der Waals surface area (Å²) in [4.78, 5) is 23.2. The van der Waals surface area contributed by atoms with Crippen LogP contribution in [0.5, 0.6) is 0 Å². The molecule has 2 rings (SSSR count). The monoisotopic (exact) mass is 327 g/mol. The highest BCUT2D eigenvalue weighted by Gasteiger charge is 2.31. The number of carbonyl (C=O) groups is 2. The van der Waals surface area contributed by atoms with Gasteiger partial charge in [-0.1, -0.05) is 0 Å². The molecule has 1 aliphatic rings. The van der Waals surface area contributed by atoms with Crippen LogP contribution >= 0.6 is 0 Å². The predicted octanol–water partition coefficient (Wildman–Crippen LogP) is 1.72. The lowest BCUT2D eigenvalue weighted by atomic mass is 9.89. The fourth-order valence-corrected chi connectivity index (χ4v) is 2.23. The zero-order valence-electron chi connectivity index (χ0n) is 11.9. The third kappa shape index (κ3) is 3.36. The molecule has 0 saturated heterocycles. The maximum absolute atomic E-state index is 13.8. The van der Waals surface area contributed by atoms with E-state index in [1.54, 1.807) is 0 Å². The molecule has 1 heterocycles. The number of carbonyl (C=O) groups excluding carboxylic acids is 2. The minimum absolute atomic E-state index is 0.275. The van der Waals surface area contributed by atoms with Crippen LogP contribution in [0.25, 0.3) is 0 Å². The van der Waals surface area contributed by atoms with Crippen molar-refractivity contribution in [2.24, 2.45) is 11.7 Å². The van der Waals surface area contributed by atoms with Crippen LogP contribution in [0.3, 0.4) is 0 Å². The van der Waals surface area contributed by atoms with E-state index in [2.05, 4.69) is 4.74 Å². The van der Waals surface area contributed by atoms with Gasteiger partial charge in [-0.25, -0.2) is 18.0 Å². The summed E-state index contributed by atoms with van der Waals surface area (Å²) in [5, 5.41) is 0. The Morgan fingerprint density at radius 3 is 2.39 bits per heavy atom. The number of ether oxygens (including phenoxy) is 2. The SMILES string of the molecule is COC(=O)C1=C(C(N)=O)C(Cc2c(F)cc(F)cc2F)C=CO1. The molecule has 1 atom stereocenters. The molecule has 1 aromatic carbocycles. The van der Waals surface area contributed by atoms with Gasteiger partial charge in [0.05, 0.1) is 18.9 Å². The van der Waals surface area contributed by atoms with E-state index in [0.29, 0.717) is 12.1 Å². The van der Waals surface area contributed by atoms with Crippen molar-refractivity contribution in [2.45, 2.75) is 6.42 Å². The van der Waals surface area contributed by atoms with Gasteiger partial charge in [0.25, 0.3) is 0 Å². The topological polar surface area (TPSA) is 78.6 Å². The molecular formula is C15H12F3NO4. The van der Waals surface area contributed by atoms with Crippen molar-refractivity contribution < 1.29 is 32.2 Å². The molecule has 1 amide bonds. The second-order valence-electron chi connectivity index (χ2n) is 4.70. The van der Waals surface area contributed by atoms with Crippen LogP contribution in [0.15, 0.2) is 35.8 Å². The zero-order chi connectivity index (χ0) is 17.1. The van der Waals surface area contributed by atoms with Gasteiger partial charge in [0, 0.05) is 23.6 Å². The summed E-state index contributed by atoms with van der Waals surface area (Å²) in [5.74, 6) is -6.60. The molecule has 23 heavy (non-hydrogen) atoms. The number of allylic oxidation sites excluding steroid dienone is 1. The van der Waals surface area contributed by atoms with Crippen LogP contribution in [-0.4, -0.2) is 19.0 Å². The molecule has 122 valence electrons. The number of hydrogen-bond acceptors (Lipinski definition) is 4. The van der Waals surface area contributed by atoms with Gasteiger partial charge in [0.2, 0.25) is 11.7 Å². The molecule has 1 aromatic rings. The van der Waals surface area contributed by atoms with E-state index in [1.165, 1.54) is 6.08 Å². The summed E-state index contributed by atoms with van der Waals surface area (Å²) in [7, 11) is 1.07. The summed E-state index contributed by atoms with van der Waals surface area (Å²) < 4.78 is 49.9. The lowest BCUT2D eigenvalue weighted by Gasteiger charge is -2.21. The number of esters is 1. The highest BCUT2D eigenvalue weighted by atomic mass is 19.1. The summed E-state index contributed by atoms with van der Waals surface area (Å²) >= 11 is 0. The van der Waals surface area contributed by atoms with Crippen molar-refractivity contribution in [1.82, 2.24) is 0 Å². The molecule has 0 aliphatic carbocycles. The van der Waals surface area contributed by atoms with Crippen molar-refractivity contribution in [3.63, 3.8) is 0 Å². The van der Waals surface area contributed by atoms with Crippen LogP contribution in [0.2, 0.25) is 0 Å². The fraction of sp³-hybridized carbons (Fsp3) is 0.200. The molecule has 0 aromatic heterocycles. The van der Waals surface area contributed by atoms with Crippen LogP contribution in [-0.2, 0) is 25.5 Å². The molecule has 8 heteroatoms. The molecule has 0 fully saturated rings. The normalized spacial score (nSPS) is 17.0. The summed E-state index contributed by atoms with van der Waals surface area (Å²) in [6.45, 7) is 0. The molecule has 1 aliphatic heterocycles. The lowest BCUT2D eigenvalue weighted by Crippen LogP contribution is -2.28. The number of halogens is 3. The minimum Gasteiger partial charge on any atom is -0.463 e. The van der Waals surface area contributed by atoms with Crippen LogP contribution in [0.4, 0.5) is 13.2 Å². The van der Waals surface area contributed by atoms with Crippen molar-refractivity contribution in [2.75, 3.05) is 7.11 Å². The van der Waals surface area contributed by atoms with E-state index in [9.17, 15) is 22.8 Å². The summed E-state index contributed by atoms with van der Waals surface area (Å²) in [6, 6.07) is 1.05. The maximum Gasteiger partial charge on any atom is 0.374 e. The molecule has 0 saturated carbocycles. The minimum atomic E-state index is -1.11. The Morgan fingerprint density at radius 1 is 1.26 bits per heavy atom. The summed E-state index contributed by atoms with van der Waals surface area (Å²) in [6.07, 6.45) is 2.05. The Labute approximate surface area is 129 Å². The van der Waals surface area contributed by atoms with Gasteiger partial charge in [0.15, 0.2) is 0 Å². The Morgan fingerprint density at radius 2 is 1.87 bits per heavy atom. The van der Waals surface area contributed by atoms with Gasteiger partial charge in [-0.05, 0) is 12.5 Å². The molecule has 0 radical (unpaired) electrons. The molecule has 0 bridgehead atoms. The standard InChI is InChI=1S/C15H12F3NO4/c1-22-15(21)13-12(14(19)20)7(2-3-23-13)4-9-10(17)5-8(16)6-11(9)18/h2-3,5-7H,4H2,1H3,(H2,19,20). The number of rotatable bonds is 4. The van der Waals surface area contributed by atoms with Crippen LogP contribution in [0, 0.1) is 23.4 Å². The van der Waals surface area contributed by atoms with Gasteiger partial charge >= 0.3 is 5.97 Å². The lowest BCUT2D eigenvalue weighted by molar-refractivity contribution is -0.139. The Balaban J connectivity index is 2.44. The van der Waals surface area contributed by atoms with Gasteiger partial charge < -0.3 is 15.2 Å². The number of amides is 1. The van der Waals surface area contributed by atoms with E-state index in [1.807, 2.05) is 0 Å². The van der Waals surface area contributed by atoms with Gasteiger partial charge in [-0.2, -0.15) is 0 Å². The molecule has 1 unspecified atom stereocenters. The quantitative estimate of drug-likeness (QED) is 0.854. The van der Waals surface area contributed by atoms with Crippen molar-refractivity contribution in [3.05, 3.63) is 58.8 Å². The van der Waals surface area contributed by atoms with Crippen LogP contribution < -0.4 is 5.73 Å². The molecule has 0 spiro atoms. The molecule has 2 N–H and O–H groups in total. The van der Waals surface area contributed by atoms with Crippen LogP contribution in [0.1, 0.15) is 5.56 Å². The first-order valence-corrected chi connectivity index (χ1v) is 6.44. The van der Waals surface area contributed by atoms with E-state index in [-0.39, 0.29) is 12.0 Å². The number of nitrogens with two attached hydrogens (primary N) is 1. The second kappa shape index (κ2) is 6.55. The number of methoxy groups -OCH3 is 1. The molecular weight excluding hydrogens is 315 g/mol. The first-order chi connectivity index (χ1) is 10.8. The Kier molecular flexibility index (Phi) is 4.73. The zero-order valence-corrected chi connectivity index (χ0v) is 11.9. The third-order valence-electron chi connectivity index (χ3n) is 3.28. The van der Waals surface area contributed by atoms with Crippen molar-refractivity contribution >= 4 is 11.9 Å². The number of primary amides is 1. The maximum atomic E-state index is 13.8. The number of benzene rings is 1. The van der Waals surface area contributed by atoms with E-state index >= 15 is 0 Å². The van der Waals surface area contributed by atoms with Gasteiger partial charge in [-0.15, -0.1) is 0 Å². The fourth-order valence-electron chi connectivity index (χ4n) is 2.23. The Bertz CT molecular complexity index is 704. The van der Waals surface area contributed by atoms with E-state index in [4.69, 9.17) is 10.5 Å². The highest BCUT2D eigenvalue weighted by molar-refractivity contribution is 6.01. The average molecular weight is 327 g/mol. The predicted molar refractivity (Wildman–Crippen MR) is 72.0 cm³/mol. The average Bonchev–Trinajstić information content (AvgIpc) is 2.49. The van der Waals surface area contributed by atoms with Crippen molar-refractivity contribution in [3.8, 4) is 0 Å². The Hall–Kier alpha value is -2.77. The highest BCUT2D eigenvalue weighted by Crippen LogP contribution is 2.29. The number of hydrogen-bond donors (Lipinski definition) is 1. The summed E-state index contributed by atoms with van der Waals surface area (Å²) in [5.41, 5.74) is 4.51.